The van der Waals surface area contributed by atoms with Crippen molar-refractivity contribution in [3.8, 4) is 0 Å². The minimum Gasteiger partial charge on any atom is -0.330 e. The Morgan fingerprint density at radius 3 is 3.14 bits per heavy atom. The van der Waals surface area contributed by atoms with E-state index in [0.717, 1.165) is 23.6 Å². The number of thiazole rings is 1. The maximum atomic E-state index is 5.58. The van der Waals surface area contributed by atoms with Gasteiger partial charge in [-0.05, 0) is 25.8 Å². The van der Waals surface area contributed by atoms with E-state index in [4.69, 9.17) is 5.73 Å². The maximum Gasteiger partial charge on any atom is 0.194 e. The van der Waals surface area contributed by atoms with Gasteiger partial charge < -0.3 is 5.73 Å². The maximum absolute atomic E-state index is 5.58. The minimum absolute atomic E-state index is 0.490. The molecule has 4 heteroatoms. The molecule has 0 saturated carbocycles. The van der Waals surface area contributed by atoms with Gasteiger partial charge in [-0.1, -0.05) is 6.92 Å². The molecule has 1 atom stereocenters. The fourth-order valence-electron chi connectivity index (χ4n) is 1.89. The molecule has 1 unspecified atom stereocenters. The normalized spacial score (nSPS) is 13.6. The molecule has 2 N–H and O–H groups in total. The first-order valence-electron chi connectivity index (χ1n) is 4.86. The highest BCUT2D eigenvalue weighted by Crippen LogP contribution is 2.25. The van der Waals surface area contributed by atoms with Crippen molar-refractivity contribution in [3.63, 3.8) is 0 Å². The van der Waals surface area contributed by atoms with Crippen molar-refractivity contribution in [1.82, 2.24) is 9.38 Å². The summed E-state index contributed by atoms with van der Waals surface area (Å²) in [6.07, 6.45) is 3.10. The van der Waals surface area contributed by atoms with Crippen molar-refractivity contribution in [1.29, 1.82) is 0 Å². The first-order valence-corrected chi connectivity index (χ1v) is 5.74. The van der Waals surface area contributed by atoms with Gasteiger partial charge in [-0.15, -0.1) is 11.3 Å². The van der Waals surface area contributed by atoms with Crippen LogP contribution < -0.4 is 5.73 Å². The third kappa shape index (κ3) is 1.44. The van der Waals surface area contributed by atoms with E-state index in [1.54, 1.807) is 11.3 Å². The van der Waals surface area contributed by atoms with Gasteiger partial charge in [-0.25, -0.2) is 4.98 Å². The van der Waals surface area contributed by atoms with E-state index in [0.29, 0.717) is 5.92 Å². The van der Waals surface area contributed by atoms with E-state index >= 15 is 0 Å². The number of fused-ring (bicyclic) bond motifs is 1. The molecule has 14 heavy (non-hydrogen) atoms. The summed E-state index contributed by atoms with van der Waals surface area (Å²) in [5.74, 6) is 0.490. The van der Waals surface area contributed by atoms with Crippen LogP contribution in [0.25, 0.3) is 4.96 Å². The van der Waals surface area contributed by atoms with Crippen LogP contribution in [0, 0.1) is 6.92 Å². The zero-order valence-electron chi connectivity index (χ0n) is 8.53. The highest BCUT2D eigenvalue weighted by molar-refractivity contribution is 7.15. The Hall–Kier alpha value is -0.870. The predicted octanol–water partition coefficient (Wildman–Crippen LogP) is 2.16. The monoisotopic (exact) mass is 209 g/mol. The number of nitrogens with two attached hydrogens (primary N) is 1. The van der Waals surface area contributed by atoms with Crippen LogP contribution in [0.4, 0.5) is 0 Å². The molecule has 0 spiro atoms. The topological polar surface area (TPSA) is 43.3 Å². The van der Waals surface area contributed by atoms with Crippen LogP contribution in [0.3, 0.4) is 0 Å². The zero-order chi connectivity index (χ0) is 10.1. The van der Waals surface area contributed by atoms with Gasteiger partial charge in [0.1, 0.15) is 0 Å². The number of nitrogens with zero attached hydrogens (tertiary/aromatic N) is 2. The Balaban J connectivity index is 2.47. The second-order valence-corrected chi connectivity index (χ2v) is 4.49. The van der Waals surface area contributed by atoms with Gasteiger partial charge in [0.15, 0.2) is 4.96 Å². The molecular weight excluding hydrogens is 194 g/mol. The second-order valence-electron chi connectivity index (χ2n) is 3.62. The average Bonchev–Trinajstić information content (AvgIpc) is 2.63. The molecule has 2 aromatic rings. The van der Waals surface area contributed by atoms with Crippen molar-refractivity contribution in [3.05, 3.63) is 23.0 Å². The van der Waals surface area contributed by atoms with Crippen LogP contribution in [0.1, 0.15) is 30.7 Å². The molecule has 76 valence electrons. The molecule has 0 fully saturated rings. The van der Waals surface area contributed by atoms with Crippen LogP contribution in [-0.4, -0.2) is 15.9 Å². The predicted molar refractivity (Wildman–Crippen MR) is 59.9 cm³/mol. The summed E-state index contributed by atoms with van der Waals surface area (Å²) in [7, 11) is 0. The van der Waals surface area contributed by atoms with E-state index in [9.17, 15) is 0 Å². The molecule has 2 rings (SSSR count). The van der Waals surface area contributed by atoms with E-state index in [1.165, 1.54) is 5.69 Å². The molecule has 0 aliphatic rings. The molecule has 3 nitrogen and oxygen atoms in total. The Morgan fingerprint density at radius 1 is 1.64 bits per heavy atom. The molecule has 0 radical (unpaired) electrons. The van der Waals surface area contributed by atoms with Gasteiger partial charge in [0.05, 0.1) is 5.69 Å². The lowest BCUT2D eigenvalue weighted by Gasteiger charge is -2.09. The van der Waals surface area contributed by atoms with Gasteiger partial charge in [0.25, 0.3) is 0 Å². The van der Waals surface area contributed by atoms with E-state index < -0.39 is 0 Å². The largest absolute Gasteiger partial charge is 0.330 e. The molecule has 0 aromatic carbocycles. The molecule has 2 heterocycles. The Bertz CT molecular complexity index is 429. The quantitative estimate of drug-likeness (QED) is 0.841. The van der Waals surface area contributed by atoms with Crippen molar-refractivity contribution >= 4 is 16.3 Å². The van der Waals surface area contributed by atoms with Gasteiger partial charge in [0.2, 0.25) is 0 Å². The van der Waals surface area contributed by atoms with E-state index in [2.05, 4.69) is 34.8 Å². The number of aromatic nitrogens is 2. The minimum atomic E-state index is 0.490. The van der Waals surface area contributed by atoms with Crippen molar-refractivity contribution in [2.45, 2.75) is 26.2 Å². The third-order valence-corrected chi connectivity index (χ3v) is 3.31. The average molecular weight is 209 g/mol. The molecule has 0 aliphatic heterocycles. The van der Waals surface area contributed by atoms with E-state index in [-0.39, 0.29) is 0 Å². The fraction of sp³-hybridized carbons (Fsp3) is 0.500. The molecule has 0 bridgehead atoms. The summed E-state index contributed by atoms with van der Waals surface area (Å²) >= 11 is 1.68. The van der Waals surface area contributed by atoms with Gasteiger partial charge in [-0.2, -0.15) is 0 Å². The third-order valence-electron chi connectivity index (χ3n) is 2.55. The van der Waals surface area contributed by atoms with Crippen LogP contribution in [0.15, 0.2) is 11.6 Å². The molecule has 0 aliphatic carbocycles. The molecule has 0 amide bonds. The van der Waals surface area contributed by atoms with Crippen molar-refractivity contribution in [2.24, 2.45) is 5.73 Å². The van der Waals surface area contributed by atoms with Gasteiger partial charge in [0, 0.05) is 17.3 Å². The number of imidazole rings is 1. The summed E-state index contributed by atoms with van der Waals surface area (Å²) in [5, 5.41) is 2.07. The zero-order valence-corrected chi connectivity index (χ0v) is 9.34. The van der Waals surface area contributed by atoms with Crippen molar-refractivity contribution < 1.29 is 0 Å². The highest BCUT2D eigenvalue weighted by Gasteiger charge is 2.15. The fourth-order valence-corrected chi connectivity index (χ4v) is 2.66. The molecule has 2 aromatic heterocycles. The SMILES string of the molecule is Cc1nc2sccn2c1C(C)CCN. The van der Waals surface area contributed by atoms with Crippen LogP contribution in [0.5, 0.6) is 0 Å². The van der Waals surface area contributed by atoms with Crippen LogP contribution >= 0.6 is 11.3 Å². The van der Waals surface area contributed by atoms with Gasteiger partial charge >= 0.3 is 0 Å². The van der Waals surface area contributed by atoms with Crippen LogP contribution in [-0.2, 0) is 0 Å². The highest BCUT2D eigenvalue weighted by atomic mass is 32.1. The first kappa shape index (κ1) is 9.68. The summed E-state index contributed by atoms with van der Waals surface area (Å²) in [4.78, 5) is 5.60. The summed E-state index contributed by atoms with van der Waals surface area (Å²) < 4.78 is 2.18. The number of hydrogen-bond acceptors (Lipinski definition) is 3. The lowest BCUT2D eigenvalue weighted by molar-refractivity contribution is 0.661. The van der Waals surface area contributed by atoms with Crippen LogP contribution in [0.2, 0.25) is 0 Å². The lowest BCUT2D eigenvalue weighted by Crippen LogP contribution is -2.07. The number of hydrogen-bond donors (Lipinski definition) is 1. The number of rotatable bonds is 3. The van der Waals surface area contributed by atoms with Crippen molar-refractivity contribution in [2.75, 3.05) is 6.54 Å². The number of aryl methyl sites for hydroxylation is 1. The molecule has 0 saturated heterocycles. The van der Waals surface area contributed by atoms with E-state index in [1.807, 2.05) is 0 Å². The Kier molecular flexibility index (Phi) is 2.56. The summed E-state index contributed by atoms with van der Waals surface area (Å²) in [6.45, 7) is 5.01. The Labute approximate surface area is 87.6 Å². The Morgan fingerprint density at radius 2 is 2.43 bits per heavy atom. The first-order chi connectivity index (χ1) is 6.74. The summed E-state index contributed by atoms with van der Waals surface area (Å²) in [6, 6.07) is 0. The standard InChI is InChI=1S/C10H15N3S/c1-7(3-4-11)9-8(2)12-10-13(9)5-6-14-10/h5-7H,3-4,11H2,1-2H3. The smallest absolute Gasteiger partial charge is 0.194 e. The second kappa shape index (κ2) is 3.71. The molecular formula is C10H15N3S. The van der Waals surface area contributed by atoms with Gasteiger partial charge in [-0.3, -0.25) is 4.40 Å². The summed E-state index contributed by atoms with van der Waals surface area (Å²) in [5.41, 5.74) is 8.03. The lowest BCUT2D eigenvalue weighted by atomic mass is 10.0.